The van der Waals surface area contributed by atoms with Gasteiger partial charge in [-0.25, -0.2) is 0 Å². The Kier molecular flexibility index (Phi) is 5.81. The maximum Gasteiger partial charge on any atom is 0.137 e. The van der Waals surface area contributed by atoms with E-state index in [1.807, 2.05) is 0 Å². The first kappa shape index (κ1) is 14.1. The monoisotopic (exact) mass is 265 g/mol. The molecule has 0 aliphatic rings. The van der Waals surface area contributed by atoms with Crippen LogP contribution in [0.4, 0.5) is 0 Å². The van der Waals surface area contributed by atoms with Gasteiger partial charge >= 0.3 is 0 Å². The lowest BCUT2D eigenvalue weighted by atomic mass is 10.1. The highest BCUT2D eigenvalue weighted by Crippen LogP contribution is 2.27. The predicted octanol–water partition coefficient (Wildman–Crippen LogP) is 2.81. The molecule has 1 aromatic carbocycles. The summed E-state index contributed by atoms with van der Waals surface area (Å²) < 4.78 is 5.04. The zero-order valence-electron chi connectivity index (χ0n) is 9.80. The van der Waals surface area contributed by atoms with Crippen molar-refractivity contribution in [2.24, 2.45) is 5.11 Å². The van der Waals surface area contributed by atoms with E-state index < -0.39 is 6.04 Å². The van der Waals surface area contributed by atoms with Crippen molar-refractivity contribution in [3.63, 3.8) is 0 Å². The number of ether oxygens (including phenoxy) is 1. The number of nitriles is 1. The number of benzene rings is 1. The number of azide groups is 1. The van der Waals surface area contributed by atoms with Crippen molar-refractivity contribution in [1.29, 1.82) is 5.26 Å². The summed E-state index contributed by atoms with van der Waals surface area (Å²) in [4.78, 5) is 2.63. The van der Waals surface area contributed by atoms with Crippen molar-refractivity contribution in [1.82, 2.24) is 5.32 Å². The smallest absolute Gasteiger partial charge is 0.137 e. The van der Waals surface area contributed by atoms with Gasteiger partial charge in [0, 0.05) is 18.0 Å². The number of nitrogens with one attached hydrogen (secondary N) is 1. The Labute approximate surface area is 110 Å². The minimum atomic E-state index is -0.498. The van der Waals surface area contributed by atoms with Crippen LogP contribution in [0.2, 0.25) is 5.02 Å². The van der Waals surface area contributed by atoms with Crippen molar-refractivity contribution in [2.75, 3.05) is 20.2 Å². The largest absolute Gasteiger partial charge is 0.495 e. The quantitative estimate of drug-likeness (QED) is 0.371. The van der Waals surface area contributed by atoms with Crippen molar-refractivity contribution in [3.05, 3.63) is 39.2 Å². The number of rotatable bonds is 6. The lowest BCUT2D eigenvalue weighted by Crippen LogP contribution is -2.22. The Bertz CT molecular complexity index is 493. The fraction of sp³-hybridized carbons (Fsp3) is 0.364. The normalized spacial score (nSPS) is 11.2. The van der Waals surface area contributed by atoms with E-state index in [-0.39, 0.29) is 0 Å². The molecule has 7 heteroatoms. The highest BCUT2D eigenvalue weighted by atomic mass is 35.5. The first-order valence-electron chi connectivity index (χ1n) is 5.20. The van der Waals surface area contributed by atoms with E-state index in [1.165, 1.54) is 7.11 Å². The summed E-state index contributed by atoms with van der Waals surface area (Å²) in [7, 11) is 1.53. The summed E-state index contributed by atoms with van der Waals surface area (Å²) >= 11 is 5.99. The van der Waals surface area contributed by atoms with Crippen molar-refractivity contribution >= 4 is 11.6 Å². The summed E-state index contributed by atoms with van der Waals surface area (Å²) in [5.74, 6) is 0.561. The lowest BCUT2D eigenvalue weighted by Gasteiger charge is -2.12. The highest BCUT2D eigenvalue weighted by molar-refractivity contribution is 6.32. The van der Waals surface area contributed by atoms with Crippen LogP contribution < -0.4 is 10.1 Å². The van der Waals surface area contributed by atoms with Crippen LogP contribution in [0.15, 0.2) is 23.3 Å². The Hall–Kier alpha value is -1.93. The molecule has 0 radical (unpaired) electrons. The van der Waals surface area contributed by atoms with Gasteiger partial charge in [-0.2, -0.15) is 5.26 Å². The Morgan fingerprint density at radius 1 is 1.67 bits per heavy atom. The summed E-state index contributed by atoms with van der Waals surface area (Å²) in [6.07, 6.45) is 0. The van der Waals surface area contributed by atoms with Crippen LogP contribution >= 0.6 is 11.6 Å². The van der Waals surface area contributed by atoms with E-state index in [4.69, 9.17) is 27.1 Å². The van der Waals surface area contributed by atoms with Crippen LogP contribution in [-0.2, 0) is 0 Å². The fourth-order valence-corrected chi connectivity index (χ4v) is 1.67. The molecular weight excluding hydrogens is 254 g/mol. The molecule has 18 heavy (non-hydrogen) atoms. The fourth-order valence-electron chi connectivity index (χ4n) is 1.40. The van der Waals surface area contributed by atoms with Crippen LogP contribution in [0.1, 0.15) is 11.6 Å². The minimum absolute atomic E-state index is 0.290. The second-order valence-corrected chi connectivity index (χ2v) is 3.77. The SMILES string of the molecule is COc1ccc(C(C#N)NCCN=[N+]=[N-])cc1Cl. The van der Waals surface area contributed by atoms with Crippen molar-refractivity contribution in [3.8, 4) is 11.8 Å². The van der Waals surface area contributed by atoms with Crippen LogP contribution in [0, 0.1) is 11.3 Å². The standard InChI is InChI=1S/C11H12ClN5O/c1-18-11-3-2-8(6-9(11)12)10(7-13)15-4-5-16-17-14/h2-3,6,10,15H,4-5H2,1H3. The third-order valence-corrected chi connectivity index (χ3v) is 2.56. The van der Waals surface area contributed by atoms with Gasteiger partial charge in [-0.05, 0) is 23.2 Å². The zero-order chi connectivity index (χ0) is 13.4. The van der Waals surface area contributed by atoms with E-state index in [9.17, 15) is 0 Å². The summed E-state index contributed by atoms with van der Waals surface area (Å²) in [5, 5.41) is 15.9. The predicted molar refractivity (Wildman–Crippen MR) is 68.4 cm³/mol. The van der Waals surface area contributed by atoms with E-state index in [0.717, 1.165) is 5.56 Å². The van der Waals surface area contributed by atoms with Crippen molar-refractivity contribution < 1.29 is 4.74 Å². The zero-order valence-corrected chi connectivity index (χ0v) is 10.6. The van der Waals surface area contributed by atoms with Gasteiger partial charge < -0.3 is 4.74 Å². The molecule has 1 aromatic rings. The molecule has 0 amide bonds. The molecule has 94 valence electrons. The Morgan fingerprint density at radius 2 is 2.44 bits per heavy atom. The maximum absolute atomic E-state index is 9.06. The number of nitrogens with zero attached hydrogens (tertiary/aromatic N) is 4. The lowest BCUT2D eigenvalue weighted by molar-refractivity contribution is 0.414. The van der Waals surface area contributed by atoms with Crippen LogP contribution in [0.5, 0.6) is 5.75 Å². The molecule has 6 nitrogen and oxygen atoms in total. The summed E-state index contributed by atoms with van der Waals surface area (Å²) in [5.41, 5.74) is 8.87. The molecule has 0 heterocycles. The Morgan fingerprint density at radius 3 is 3.00 bits per heavy atom. The van der Waals surface area contributed by atoms with Gasteiger partial charge in [0.15, 0.2) is 0 Å². The first-order valence-corrected chi connectivity index (χ1v) is 5.58. The van der Waals surface area contributed by atoms with E-state index >= 15 is 0 Å². The molecule has 0 aromatic heterocycles. The molecule has 0 bridgehead atoms. The molecule has 1 unspecified atom stereocenters. The van der Waals surface area contributed by atoms with E-state index in [0.29, 0.717) is 23.9 Å². The topological polar surface area (TPSA) is 93.8 Å². The number of methoxy groups -OCH3 is 1. The molecule has 0 saturated heterocycles. The molecule has 0 aliphatic carbocycles. The van der Waals surface area contributed by atoms with Gasteiger partial charge in [0.25, 0.3) is 0 Å². The van der Waals surface area contributed by atoms with Gasteiger partial charge in [-0.1, -0.05) is 22.8 Å². The first-order chi connectivity index (χ1) is 8.72. The van der Waals surface area contributed by atoms with Crippen LogP contribution in [0.3, 0.4) is 0 Å². The van der Waals surface area contributed by atoms with E-state index in [1.54, 1.807) is 18.2 Å². The second kappa shape index (κ2) is 7.41. The molecule has 1 rings (SSSR count). The van der Waals surface area contributed by atoms with Crippen LogP contribution in [-0.4, -0.2) is 20.2 Å². The average Bonchev–Trinajstić information content (AvgIpc) is 2.39. The van der Waals surface area contributed by atoms with E-state index in [2.05, 4.69) is 21.4 Å². The molecule has 1 atom stereocenters. The van der Waals surface area contributed by atoms with Gasteiger partial charge in [0.1, 0.15) is 11.8 Å². The molecule has 1 N–H and O–H groups in total. The highest BCUT2D eigenvalue weighted by Gasteiger charge is 2.11. The second-order valence-electron chi connectivity index (χ2n) is 3.36. The summed E-state index contributed by atoms with van der Waals surface area (Å²) in [6.45, 7) is 0.713. The minimum Gasteiger partial charge on any atom is -0.495 e. The van der Waals surface area contributed by atoms with Crippen LogP contribution in [0.25, 0.3) is 10.4 Å². The van der Waals surface area contributed by atoms with Gasteiger partial charge in [0.05, 0.1) is 18.2 Å². The third kappa shape index (κ3) is 3.82. The summed E-state index contributed by atoms with van der Waals surface area (Å²) in [6, 6.07) is 6.76. The molecule has 0 saturated carbocycles. The number of halogens is 1. The third-order valence-electron chi connectivity index (χ3n) is 2.26. The van der Waals surface area contributed by atoms with Gasteiger partial charge in [0.2, 0.25) is 0 Å². The Balaban J connectivity index is 2.73. The average molecular weight is 266 g/mol. The molecular formula is C11H12ClN5O. The maximum atomic E-state index is 9.06. The van der Waals surface area contributed by atoms with Gasteiger partial charge in [-0.15, -0.1) is 0 Å². The van der Waals surface area contributed by atoms with Crippen molar-refractivity contribution in [2.45, 2.75) is 6.04 Å². The molecule has 0 fully saturated rings. The number of hydrogen-bond acceptors (Lipinski definition) is 4. The number of hydrogen-bond donors (Lipinski definition) is 1. The molecule has 0 aliphatic heterocycles. The van der Waals surface area contributed by atoms with Gasteiger partial charge in [-0.3, -0.25) is 5.32 Å². The molecule has 0 spiro atoms.